The Hall–Kier alpha value is -0.120. The summed E-state index contributed by atoms with van der Waals surface area (Å²) >= 11 is 0. The standard InChI is InChI=1S/C10H25N3/c1-5-11-7-6-8-13(4)10-9-12(2)3/h11H,5-10H2,1-4H3. The molecule has 0 fully saturated rings. The van der Waals surface area contributed by atoms with Gasteiger partial charge in [0, 0.05) is 13.1 Å². The van der Waals surface area contributed by atoms with Crippen LogP contribution in [0.15, 0.2) is 0 Å². The van der Waals surface area contributed by atoms with Crippen molar-refractivity contribution in [2.45, 2.75) is 13.3 Å². The van der Waals surface area contributed by atoms with E-state index in [1.165, 1.54) is 19.5 Å². The lowest BCUT2D eigenvalue weighted by atomic mass is 10.4. The van der Waals surface area contributed by atoms with E-state index in [0.29, 0.717) is 0 Å². The first kappa shape index (κ1) is 12.9. The van der Waals surface area contributed by atoms with E-state index in [-0.39, 0.29) is 0 Å². The second-order valence-electron chi connectivity index (χ2n) is 3.81. The Balaban J connectivity index is 3.15. The monoisotopic (exact) mass is 187 g/mol. The average molecular weight is 187 g/mol. The number of nitrogens with one attached hydrogen (secondary N) is 1. The highest BCUT2D eigenvalue weighted by Gasteiger charge is 1.97. The van der Waals surface area contributed by atoms with Gasteiger partial charge in [0.15, 0.2) is 0 Å². The second kappa shape index (κ2) is 8.48. The maximum absolute atomic E-state index is 3.33. The average Bonchev–Trinajstić information content (AvgIpc) is 2.09. The lowest BCUT2D eigenvalue weighted by Gasteiger charge is -2.19. The normalized spacial score (nSPS) is 11.5. The fraction of sp³-hybridized carbons (Fsp3) is 1.00. The number of hydrogen-bond acceptors (Lipinski definition) is 3. The Kier molecular flexibility index (Phi) is 8.40. The van der Waals surface area contributed by atoms with Crippen molar-refractivity contribution < 1.29 is 0 Å². The zero-order chi connectivity index (χ0) is 10.1. The fourth-order valence-corrected chi connectivity index (χ4v) is 1.13. The molecule has 0 aromatic rings. The molecule has 3 nitrogen and oxygen atoms in total. The number of rotatable bonds is 8. The zero-order valence-corrected chi connectivity index (χ0v) is 9.64. The van der Waals surface area contributed by atoms with Crippen molar-refractivity contribution in [2.24, 2.45) is 0 Å². The van der Waals surface area contributed by atoms with Crippen LogP contribution in [0.3, 0.4) is 0 Å². The molecule has 0 heterocycles. The van der Waals surface area contributed by atoms with Crippen LogP contribution in [0.4, 0.5) is 0 Å². The highest BCUT2D eigenvalue weighted by atomic mass is 15.1. The smallest absolute Gasteiger partial charge is 0.0106 e. The highest BCUT2D eigenvalue weighted by molar-refractivity contribution is 4.55. The van der Waals surface area contributed by atoms with Crippen molar-refractivity contribution in [3.8, 4) is 0 Å². The number of hydrogen-bond donors (Lipinski definition) is 1. The summed E-state index contributed by atoms with van der Waals surface area (Å²) in [4.78, 5) is 4.61. The van der Waals surface area contributed by atoms with Crippen molar-refractivity contribution >= 4 is 0 Å². The van der Waals surface area contributed by atoms with Gasteiger partial charge in [-0.25, -0.2) is 0 Å². The lowest BCUT2D eigenvalue weighted by molar-refractivity contribution is 0.279. The van der Waals surface area contributed by atoms with Crippen LogP contribution < -0.4 is 5.32 Å². The third-order valence-corrected chi connectivity index (χ3v) is 2.07. The van der Waals surface area contributed by atoms with Gasteiger partial charge in [0.05, 0.1) is 0 Å². The van der Waals surface area contributed by atoms with Gasteiger partial charge in [0.1, 0.15) is 0 Å². The molecular weight excluding hydrogens is 162 g/mol. The van der Waals surface area contributed by atoms with Gasteiger partial charge >= 0.3 is 0 Å². The summed E-state index contributed by atoms with van der Waals surface area (Å²) in [6, 6.07) is 0. The Morgan fingerprint density at radius 1 is 1.00 bits per heavy atom. The molecule has 0 aromatic heterocycles. The van der Waals surface area contributed by atoms with E-state index < -0.39 is 0 Å². The molecule has 0 aliphatic rings. The maximum atomic E-state index is 3.33. The molecule has 80 valence electrons. The summed E-state index contributed by atoms with van der Waals surface area (Å²) in [5.74, 6) is 0. The molecule has 0 aliphatic heterocycles. The molecule has 0 rings (SSSR count). The molecule has 0 aromatic carbocycles. The Morgan fingerprint density at radius 3 is 2.23 bits per heavy atom. The summed E-state index contributed by atoms with van der Waals surface area (Å²) in [7, 11) is 6.43. The van der Waals surface area contributed by atoms with Crippen molar-refractivity contribution in [2.75, 3.05) is 53.9 Å². The van der Waals surface area contributed by atoms with E-state index in [1.807, 2.05) is 0 Å². The van der Waals surface area contributed by atoms with Crippen LogP contribution in [0.1, 0.15) is 13.3 Å². The number of likely N-dealkylation sites (N-methyl/N-ethyl adjacent to an activating group) is 2. The minimum absolute atomic E-state index is 1.08. The minimum atomic E-state index is 1.08. The van der Waals surface area contributed by atoms with Crippen molar-refractivity contribution in [1.82, 2.24) is 15.1 Å². The summed E-state index contributed by atoms with van der Waals surface area (Å²) in [6.07, 6.45) is 1.25. The van der Waals surface area contributed by atoms with Crippen LogP contribution in [0, 0.1) is 0 Å². The Morgan fingerprint density at radius 2 is 1.69 bits per heavy atom. The molecule has 0 spiro atoms. The molecule has 0 aliphatic carbocycles. The molecule has 0 bridgehead atoms. The molecule has 0 saturated carbocycles. The van der Waals surface area contributed by atoms with E-state index in [1.54, 1.807) is 0 Å². The van der Waals surface area contributed by atoms with Gasteiger partial charge in [0.25, 0.3) is 0 Å². The molecule has 13 heavy (non-hydrogen) atoms. The van der Waals surface area contributed by atoms with Gasteiger partial charge in [-0.05, 0) is 47.2 Å². The molecule has 0 atom stereocenters. The summed E-state index contributed by atoms with van der Waals surface area (Å²) in [5, 5.41) is 3.33. The molecule has 0 amide bonds. The third kappa shape index (κ3) is 9.80. The van der Waals surface area contributed by atoms with Gasteiger partial charge in [-0.15, -0.1) is 0 Å². The molecule has 0 unspecified atom stereocenters. The van der Waals surface area contributed by atoms with Crippen LogP contribution in [0.2, 0.25) is 0 Å². The van der Waals surface area contributed by atoms with Gasteiger partial charge in [-0.2, -0.15) is 0 Å². The van der Waals surface area contributed by atoms with Crippen LogP contribution in [-0.2, 0) is 0 Å². The summed E-state index contributed by atoms with van der Waals surface area (Å²) < 4.78 is 0. The van der Waals surface area contributed by atoms with Crippen molar-refractivity contribution in [3.05, 3.63) is 0 Å². The first-order valence-corrected chi connectivity index (χ1v) is 5.20. The van der Waals surface area contributed by atoms with E-state index in [9.17, 15) is 0 Å². The summed E-state index contributed by atoms with van der Waals surface area (Å²) in [6.45, 7) is 7.89. The molecule has 1 N–H and O–H groups in total. The molecule has 0 saturated heterocycles. The van der Waals surface area contributed by atoms with Gasteiger partial charge in [-0.3, -0.25) is 0 Å². The number of nitrogens with zero attached hydrogens (tertiary/aromatic N) is 2. The first-order chi connectivity index (χ1) is 6.16. The Bertz CT molecular complexity index is 104. The van der Waals surface area contributed by atoms with E-state index in [0.717, 1.165) is 19.6 Å². The third-order valence-electron chi connectivity index (χ3n) is 2.07. The van der Waals surface area contributed by atoms with Crippen LogP contribution in [0.25, 0.3) is 0 Å². The minimum Gasteiger partial charge on any atom is -0.317 e. The zero-order valence-electron chi connectivity index (χ0n) is 9.64. The van der Waals surface area contributed by atoms with E-state index in [4.69, 9.17) is 0 Å². The van der Waals surface area contributed by atoms with Crippen molar-refractivity contribution in [1.29, 1.82) is 0 Å². The lowest BCUT2D eigenvalue weighted by Crippen LogP contribution is -2.30. The van der Waals surface area contributed by atoms with Gasteiger partial charge in [-0.1, -0.05) is 6.92 Å². The predicted molar refractivity (Wildman–Crippen MR) is 59.2 cm³/mol. The largest absolute Gasteiger partial charge is 0.317 e. The second-order valence-corrected chi connectivity index (χ2v) is 3.81. The highest BCUT2D eigenvalue weighted by Crippen LogP contribution is 1.87. The summed E-state index contributed by atoms with van der Waals surface area (Å²) in [5.41, 5.74) is 0. The van der Waals surface area contributed by atoms with Crippen LogP contribution in [-0.4, -0.2) is 63.7 Å². The van der Waals surface area contributed by atoms with Crippen molar-refractivity contribution in [3.63, 3.8) is 0 Å². The van der Waals surface area contributed by atoms with Gasteiger partial charge in [0.2, 0.25) is 0 Å². The first-order valence-electron chi connectivity index (χ1n) is 5.20. The SMILES string of the molecule is CCNCCCN(C)CCN(C)C. The van der Waals surface area contributed by atoms with E-state index in [2.05, 4.69) is 43.2 Å². The van der Waals surface area contributed by atoms with Crippen LogP contribution in [0.5, 0.6) is 0 Å². The van der Waals surface area contributed by atoms with Crippen LogP contribution >= 0.6 is 0 Å². The molecule has 0 radical (unpaired) electrons. The maximum Gasteiger partial charge on any atom is 0.0106 e. The fourth-order valence-electron chi connectivity index (χ4n) is 1.13. The molecular formula is C10H25N3. The quantitative estimate of drug-likeness (QED) is 0.558. The topological polar surface area (TPSA) is 18.5 Å². The predicted octanol–water partition coefficient (Wildman–Crippen LogP) is 0.479. The van der Waals surface area contributed by atoms with E-state index >= 15 is 0 Å². The molecule has 3 heteroatoms. The Labute approximate surface area is 83.1 Å². The van der Waals surface area contributed by atoms with Gasteiger partial charge < -0.3 is 15.1 Å².